The second-order valence-corrected chi connectivity index (χ2v) is 6.35. The molecular formula is C17H31N3O. The Labute approximate surface area is 129 Å². The lowest BCUT2D eigenvalue weighted by atomic mass is 9.76. The molecule has 1 aliphatic carbocycles. The van der Waals surface area contributed by atoms with Gasteiger partial charge in [-0.25, -0.2) is 0 Å². The summed E-state index contributed by atoms with van der Waals surface area (Å²) < 4.78 is 7.54. The van der Waals surface area contributed by atoms with E-state index in [1.165, 1.54) is 37.8 Å². The van der Waals surface area contributed by atoms with E-state index in [1.54, 1.807) is 7.11 Å². The minimum Gasteiger partial charge on any atom is -0.493 e. The molecule has 0 aromatic carbocycles. The van der Waals surface area contributed by atoms with Gasteiger partial charge in [-0.1, -0.05) is 33.1 Å². The Hall–Kier alpha value is -1.03. The molecule has 3 atom stereocenters. The quantitative estimate of drug-likeness (QED) is 0.833. The van der Waals surface area contributed by atoms with Gasteiger partial charge in [-0.3, -0.25) is 4.68 Å². The van der Waals surface area contributed by atoms with Crippen molar-refractivity contribution in [3.63, 3.8) is 0 Å². The van der Waals surface area contributed by atoms with Crippen molar-refractivity contribution < 1.29 is 4.74 Å². The third-order valence-electron chi connectivity index (χ3n) is 4.95. The summed E-state index contributed by atoms with van der Waals surface area (Å²) >= 11 is 0. The normalized spacial score (nSPS) is 24.0. The molecule has 0 aliphatic heterocycles. The number of methoxy groups -OCH3 is 1. The summed E-state index contributed by atoms with van der Waals surface area (Å²) in [7, 11) is 3.77. The van der Waals surface area contributed by atoms with Crippen LogP contribution < -0.4 is 10.1 Å². The lowest BCUT2D eigenvalue weighted by molar-refractivity contribution is 0.201. The zero-order chi connectivity index (χ0) is 15.2. The summed E-state index contributed by atoms with van der Waals surface area (Å²) in [6, 6.07) is 0.363. The minimum absolute atomic E-state index is 0.363. The van der Waals surface area contributed by atoms with Gasteiger partial charge in [-0.2, -0.15) is 5.10 Å². The highest BCUT2D eigenvalue weighted by atomic mass is 16.5. The number of nitrogens with zero attached hydrogens (tertiary/aromatic N) is 2. The van der Waals surface area contributed by atoms with Crippen molar-refractivity contribution >= 4 is 0 Å². The lowest BCUT2D eigenvalue weighted by Gasteiger charge is -2.35. The number of nitrogens with one attached hydrogen (secondary N) is 1. The summed E-state index contributed by atoms with van der Waals surface area (Å²) in [5, 5.41) is 8.16. The van der Waals surface area contributed by atoms with Gasteiger partial charge in [0, 0.05) is 7.05 Å². The number of hydrogen-bond donors (Lipinski definition) is 1. The monoisotopic (exact) mass is 293 g/mol. The summed E-state index contributed by atoms with van der Waals surface area (Å²) in [4.78, 5) is 0. The van der Waals surface area contributed by atoms with Crippen molar-refractivity contribution in [2.75, 3.05) is 13.7 Å². The van der Waals surface area contributed by atoms with E-state index in [-0.39, 0.29) is 0 Å². The fourth-order valence-corrected chi connectivity index (χ4v) is 3.73. The summed E-state index contributed by atoms with van der Waals surface area (Å²) in [5.41, 5.74) is 1.22. The first-order valence-electron chi connectivity index (χ1n) is 8.50. The van der Waals surface area contributed by atoms with Gasteiger partial charge in [0.2, 0.25) is 0 Å². The van der Waals surface area contributed by atoms with Crippen molar-refractivity contribution in [1.82, 2.24) is 15.1 Å². The molecule has 3 unspecified atom stereocenters. The zero-order valence-electron chi connectivity index (χ0n) is 14.1. The van der Waals surface area contributed by atoms with Gasteiger partial charge in [0.15, 0.2) is 5.75 Å². The molecular weight excluding hydrogens is 262 g/mol. The fraction of sp³-hybridized carbons (Fsp3) is 0.824. The number of hydrogen-bond acceptors (Lipinski definition) is 3. The molecule has 120 valence electrons. The van der Waals surface area contributed by atoms with E-state index in [0.717, 1.165) is 24.6 Å². The molecule has 1 fully saturated rings. The largest absolute Gasteiger partial charge is 0.493 e. The maximum atomic E-state index is 5.55. The Morgan fingerprint density at radius 3 is 2.90 bits per heavy atom. The van der Waals surface area contributed by atoms with Crippen LogP contribution in [0.15, 0.2) is 6.20 Å². The van der Waals surface area contributed by atoms with Crippen molar-refractivity contribution in [2.45, 2.75) is 58.4 Å². The Balaban J connectivity index is 2.22. The Kier molecular flexibility index (Phi) is 6.09. The molecule has 1 heterocycles. The SMILES string of the molecule is CCCNC(c1c(OC)cnn1C)C1CCCC(CC)C1. The standard InChI is InChI=1S/C17H31N3O/c1-5-10-18-16(14-9-7-8-13(6-2)11-14)17-15(21-4)12-19-20(17)3/h12-14,16,18H,5-11H2,1-4H3. The van der Waals surface area contributed by atoms with E-state index >= 15 is 0 Å². The van der Waals surface area contributed by atoms with Crippen LogP contribution in [0.1, 0.15) is 64.1 Å². The first kappa shape index (κ1) is 16.3. The van der Waals surface area contributed by atoms with E-state index < -0.39 is 0 Å². The smallest absolute Gasteiger partial charge is 0.161 e. The van der Waals surface area contributed by atoms with Crippen LogP contribution in [-0.2, 0) is 7.05 Å². The van der Waals surface area contributed by atoms with E-state index in [9.17, 15) is 0 Å². The van der Waals surface area contributed by atoms with E-state index in [0.29, 0.717) is 12.0 Å². The maximum Gasteiger partial charge on any atom is 0.161 e. The van der Waals surface area contributed by atoms with E-state index in [4.69, 9.17) is 4.74 Å². The number of aromatic nitrogens is 2. The molecule has 2 rings (SSSR count). The number of ether oxygens (including phenoxy) is 1. The number of aryl methyl sites for hydroxylation is 1. The van der Waals surface area contributed by atoms with Crippen LogP contribution in [0.5, 0.6) is 5.75 Å². The van der Waals surface area contributed by atoms with Crippen LogP contribution in [0.25, 0.3) is 0 Å². The highest BCUT2D eigenvalue weighted by molar-refractivity contribution is 5.29. The van der Waals surface area contributed by atoms with Gasteiger partial charge >= 0.3 is 0 Å². The fourth-order valence-electron chi connectivity index (χ4n) is 3.73. The zero-order valence-corrected chi connectivity index (χ0v) is 14.1. The second kappa shape index (κ2) is 7.83. The predicted molar refractivity (Wildman–Crippen MR) is 86.5 cm³/mol. The van der Waals surface area contributed by atoms with Gasteiger partial charge in [-0.05, 0) is 37.6 Å². The first-order valence-corrected chi connectivity index (χ1v) is 8.50. The van der Waals surface area contributed by atoms with Gasteiger partial charge in [0.1, 0.15) is 0 Å². The molecule has 1 saturated carbocycles. The van der Waals surface area contributed by atoms with Crippen LogP contribution >= 0.6 is 0 Å². The second-order valence-electron chi connectivity index (χ2n) is 6.35. The molecule has 1 aromatic rings. The lowest BCUT2D eigenvalue weighted by Crippen LogP contribution is -2.33. The molecule has 0 bridgehead atoms. The summed E-state index contributed by atoms with van der Waals surface area (Å²) in [6.07, 6.45) is 9.69. The molecule has 1 aliphatic rings. The first-order chi connectivity index (χ1) is 10.2. The average molecular weight is 293 g/mol. The van der Waals surface area contributed by atoms with Crippen molar-refractivity contribution in [3.05, 3.63) is 11.9 Å². The van der Waals surface area contributed by atoms with Crippen molar-refractivity contribution in [1.29, 1.82) is 0 Å². The van der Waals surface area contributed by atoms with Gasteiger partial charge in [0.25, 0.3) is 0 Å². The van der Waals surface area contributed by atoms with Crippen LogP contribution in [-0.4, -0.2) is 23.4 Å². The molecule has 0 spiro atoms. The Bertz CT molecular complexity index is 430. The van der Waals surface area contributed by atoms with Crippen LogP contribution in [0.3, 0.4) is 0 Å². The predicted octanol–water partition coefficient (Wildman–Crippen LogP) is 3.69. The maximum absolute atomic E-state index is 5.55. The van der Waals surface area contributed by atoms with Gasteiger partial charge in [0.05, 0.1) is 25.0 Å². The molecule has 0 radical (unpaired) electrons. The topological polar surface area (TPSA) is 39.1 Å². The molecule has 0 amide bonds. The van der Waals surface area contributed by atoms with Crippen molar-refractivity contribution in [3.8, 4) is 5.75 Å². The van der Waals surface area contributed by atoms with Crippen LogP contribution in [0.2, 0.25) is 0 Å². The van der Waals surface area contributed by atoms with Crippen molar-refractivity contribution in [2.24, 2.45) is 18.9 Å². The molecule has 21 heavy (non-hydrogen) atoms. The van der Waals surface area contributed by atoms with Gasteiger partial charge in [-0.15, -0.1) is 0 Å². The minimum atomic E-state index is 0.363. The van der Waals surface area contributed by atoms with E-state index in [2.05, 4.69) is 24.3 Å². The molecule has 1 aromatic heterocycles. The molecule has 0 saturated heterocycles. The Morgan fingerprint density at radius 1 is 1.43 bits per heavy atom. The highest BCUT2D eigenvalue weighted by Gasteiger charge is 2.32. The molecule has 1 N–H and O–H groups in total. The number of rotatable bonds is 7. The Morgan fingerprint density at radius 2 is 2.24 bits per heavy atom. The molecule has 4 nitrogen and oxygen atoms in total. The third-order valence-corrected chi connectivity index (χ3v) is 4.95. The van der Waals surface area contributed by atoms with E-state index in [1.807, 2.05) is 17.9 Å². The van der Waals surface area contributed by atoms with Crippen LogP contribution in [0.4, 0.5) is 0 Å². The summed E-state index contributed by atoms with van der Waals surface area (Å²) in [5.74, 6) is 2.50. The third kappa shape index (κ3) is 3.79. The average Bonchev–Trinajstić information content (AvgIpc) is 2.89. The molecule has 4 heteroatoms. The van der Waals surface area contributed by atoms with Gasteiger partial charge < -0.3 is 10.1 Å². The summed E-state index contributed by atoms with van der Waals surface area (Å²) in [6.45, 7) is 5.60. The van der Waals surface area contributed by atoms with Crippen LogP contribution in [0, 0.1) is 11.8 Å². The highest BCUT2D eigenvalue weighted by Crippen LogP contribution is 2.40.